The van der Waals surface area contributed by atoms with Crippen LogP contribution in [0, 0.1) is 5.92 Å². The SMILES string of the molecule is Cl.O=C(NC1CCCNC1)C1CC(=O)N(c2ccc3c(c2)OCCO3)C1. The average Bonchev–Trinajstić information content (AvgIpc) is 3.04. The van der Waals surface area contributed by atoms with E-state index < -0.39 is 0 Å². The van der Waals surface area contributed by atoms with Crippen molar-refractivity contribution in [1.82, 2.24) is 10.6 Å². The fourth-order valence-electron chi connectivity index (χ4n) is 3.63. The first kappa shape index (κ1) is 18.8. The molecular weight excluding hydrogens is 358 g/mol. The van der Waals surface area contributed by atoms with E-state index in [1.165, 1.54) is 0 Å². The van der Waals surface area contributed by atoms with E-state index in [0.717, 1.165) is 31.6 Å². The summed E-state index contributed by atoms with van der Waals surface area (Å²) < 4.78 is 11.1. The van der Waals surface area contributed by atoms with Crippen LogP contribution in [-0.2, 0) is 9.59 Å². The van der Waals surface area contributed by atoms with Gasteiger partial charge in [0.25, 0.3) is 0 Å². The Bertz CT molecular complexity index is 678. The van der Waals surface area contributed by atoms with Crippen LogP contribution in [-0.4, -0.2) is 50.7 Å². The number of rotatable bonds is 3. The van der Waals surface area contributed by atoms with Crippen molar-refractivity contribution in [1.29, 1.82) is 0 Å². The van der Waals surface area contributed by atoms with Crippen molar-refractivity contribution in [2.45, 2.75) is 25.3 Å². The molecule has 0 bridgehead atoms. The number of hydrogen-bond acceptors (Lipinski definition) is 5. The van der Waals surface area contributed by atoms with Gasteiger partial charge in [-0.2, -0.15) is 0 Å². The number of halogens is 1. The van der Waals surface area contributed by atoms with Crippen molar-refractivity contribution in [3.8, 4) is 11.5 Å². The Morgan fingerprint density at radius 3 is 2.81 bits per heavy atom. The standard InChI is InChI=1S/C18H23N3O4.ClH/c22-17-8-12(18(23)20-13-2-1-5-19-10-13)11-21(17)14-3-4-15-16(9-14)25-7-6-24-15;/h3-4,9,12-13,19H,1-2,5-8,10-11H2,(H,20,23);1H. The smallest absolute Gasteiger partial charge is 0.227 e. The molecule has 1 aromatic rings. The van der Waals surface area contributed by atoms with Gasteiger partial charge in [-0.1, -0.05) is 0 Å². The molecule has 0 aliphatic carbocycles. The number of piperidine rings is 1. The summed E-state index contributed by atoms with van der Waals surface area (Å²) in [6.45, 7) is 3.26. The summed E-state index contributed by atoms with van der Waals surface area (Å²) in [5, 5.41) is 6.36. The Morgan fingerprint density at radius 1 is 1.23 bits per heavy atom. The zero-order chi connectivity index (χ0) is 17.2. The van der Waals surface area contributed by atoms with Crippen LogP contribution in [0.4, 0.5) is 5.69 Å². The molecule has 2 N–H and O–H groups in total. The van der Waals surface area contributed by atoms with Gasteiger partial charge in [-0.25, -0.2) is 0 Å². The highest BCUT2D eigenvalue weighted by Crippen LogP contribution is 2.36. The molecule has 2 unspecified atom stereocenters. The lowest BCUT2D eigenvalue weighted by Crippen LogP contribution is -2.47. The molecule has 3 aliphatic heterocycles. The highest BCUT2D eigenvalue weighted by molar-refractivity contribution is 6.00. The monoisotopic (exact) mass is 381 g/mol. The molecule has 142 valence electrons. The van der Waals surface area contributed by atoms with E-state index in [9.17, 15) is 9.59 Å². The molecule has 26 heavy (non-hydrogen) atoms. The minimum atomic E-state index is -0.303. The summed E-state index contributed by atoms with van der Waals surface area (Å²) >= 11 is 0. The maximum absolute atomic E-state index is 12.5. The van der Waals surface area contributed by atoms with Crippen LogP contribution < -0.4 is 25.0 Å². The Balaban J connectivity index is 0.00000196. The Morgan fingerprint density at radius 2 is 2.04 bits per heavy atom. The van der Waals surface area contributed by atoms with Crippen molar-refractivity contribution >= 4 is 29.9 Å². The zero-order valence-corrected chi connectivity index (χ0v) is 15.3. The molecule has 0 aromatic heterocycles. The maximum Gasteiger partial charge on any atom is 0.227 e. The predicted octanol–water partition coefficient (Wildman–Crippen LogP) is 1.10. The third kappa shape index (κ3) is 3.88. The number of fused-ring (bicyclic) bond motifs is 1. The fraction of sp³-hybridized carbons (Fsp3) is 0.556. The van der Waals surface area contributed by atoms with Gasteiger partial charge in [0.2, 0.25) is 11.8 Å². The summed E-state index contributed by atoms with van der Waals surface area (Å²) in [4.78, 5) is 26.6. The molecule has 4 rings (SSSR count). The molecule has 3 aliphatic rings. The van der Waals surface area contributed by atoms with Gasteiger partial charge < -0.3 is 25.0 Å². The van der Waals surface area contributed by atoms with Crippen LogP contribution in [0.5, 0.6) is 11.5 Å². The summed E-state index contributed by atoms with van der Waals surface area (Å²) in [5.41, 5.74) is 0.754. The van der Waals surface area contributed by atoms with Crippen molar-refractivity contribution in [2.24, 2.45) is 5.92 Å². The second-order valence-corrected chi connectivity index (χ2v) is 6.79. The summed E-state index contributed by atoms with van der Waals surface area (Å²) in [7, 11) is 0. The van der Waals surface area contributed by atoms with E-state index in [-0.39, 0.29) is 42.6 Å². The molecule has 2 saturated heterocycles. The number of nitrogens with one attached hydrogen (secondary N) is 2. The third-order valence-corrected chi connectivity index (χ3v) is 4.98. The van der Waals surface area contributed by atoms with Crippen LogP contribution in [0.2, 0.25) is 0 Å². The van der Waals surface area contributed by atoms with Gasteiger partial charge in [-0.05, 0) is 31.5 Å². The Hall–Kier alpha value is -1.99. The summed E-state index contributed by atoms with van der Waals surface area (Å²) in [6, 6.07) is 5.65. The lowest BCUT2D eigenvalue weighted by Gasteiger charge is -2.25. The van der Waals surface area contributed by atoms with E-state index in [0.29, 0.717) is 31.3 Å². The average molecular weight is 382 g/mol. The molecular formula is C18H24ClN3O4. The molecule has 2 amide bonds. The lowest BCUT2D eigenvalue weighted by atomic mass is 10.0. The zero-order valence-electron chi connectivity index (χ0n) is 14.5. The predicted molar refractivity (Wildman–Crippen MR) is 99.2 cm³/mol. The van der Waals surface area contributed by atoms with Crippen LogP contribution >= 0.6 is 12.4 Å². The van der Waals surface area contributed by atoms with Crippen LogP contribution in [0.1, 0.15) is 19.3 Å². The molecule has 1 aromatic carbocycles. The minimum absolute atomic E-state index is 0. The molecule has 2 fully saturated rings. The highest BCUT2D eigenvalue weighted by Gasteiger charge is 2.36. The fourth-order valence-corrected chi connectivity index (χ4v) is 3.63. The summed E-state index contributed by atoms with van der Waals surface area (Å²) in [5.74, 6) is 0.988. The maximum atomic E-state index is 12.5. The number of amides is 2. The second-order valence-electron chi connectivity index (χ2n) is 6.79. The van der Waals surface area contributed by atoms with Gasteiger partial charge in [-0.3, -0.25) is 9.59 Å². The first-order valence-electron chi connectivity index (χ1n) is 8.92. The van der Waals surface area contributed by atoms with Crippen molar-refractivity contribution in [3.05, 3.63) is 18.2 Å². The van der Waals surface area contributed by atoms with Gasteiger partial charge >= 0.3 is 0 Å². The molecule has 8 heteroatoms. The first-order valence-corrected chi connectivity index (χ1v) is 8.92. The van der Waals surface area contributed by atoms with E-state index in [2.05, 4.69) is 10.6 Å². The number of nitrogens with zero attached hydrogens (tertiary/aromatic N) is 1. The van der Waals surface area contributed by atoms with E-state index in [4.69, 9.17) is 9.47 Å². The largest absolute Gasteiger partial charge is 0.486 e. The Kier molecular flexibility index (Phi) is 5.88. The third-order valence-electron chi connectivity index (χ3n) is 4.98. The van der Waals surface area contributed by atoms with E-state index in [1.807, 2.05) is 18.2 Å². The first-order chi connectivity index (χ1) is 12.2. The highest BCUT2D eigenvalue weighted by atomic mass is 35.5. The van der Waals surface area contributed by atoms with Gasteiger partial charge in [0.15, 0.2) is 11.5 Å². The molecule has 0 radical (unpaired) electrons. The number of anilines is 1. The summed E-state index contributed by atoms with van der Waals surface area (Å²) in [6.07, 6.45) is 2.31. The number of hydrogen-bond donors (Lipinski definition) is 2. The lowest BCUT2D eigenvalue weighted by molar-refractivity contribution is -0.127. The van der Waals surface area contributed by atoms with Gasteiger partial charge in [-0.15, -0.1) is 12.4 Å². The molecule has 7 nitrogen and oxygen atoms in total. The molecule has 2 atom stereocenters. The van der Waals surface area contributed by atoms with Gasteiger partial charge in [0, 0.05) is 37.3 Å². The topological polar surface area (TPSA) is 79.9 Å². The molecule has 0 saturated carbocycles. The number of carbonyl (C=O) groups excluding carboxylic acids is 2. The van der Waals surface area contributed by atoms with Crippen molar-refractivity contribution < 1.29 is 19.1 Å². The van der Waals surface area contributed by atoms with Crippen LogP contribution in [0.25, 0.3) is 0 Å². The van der Waals surface area contributed by atoms with Crippen molar-refractivity contribution in [3.63, 3.8) is 0 Å². The van der Waals surface area contributed by atoms with E-state index >= 15 is 0 Å². The number of carbonyl (C=O) groups is 2. The molecule has 0 spiro atoms. The number of ether oxygens (including phenoxy) is 2. The quantitative estimate of drug-likeness (QED) is 0.819. The minimum Gasteiger partial charge on any atom is -0.486 e. The van der Waals surface area contributed by atoms with Gasteiger partial charge in [0.05, 0.1) is 5.92 Å². The van der Waals surface area contributed by atoms with Crippen LogP contribution in [0.3, 0.4) is 0 Å². The number of benzene rings is 1. The Labute approximate surface area is 158 Å². The van der Waals surface area contributed by atoms with Crippen molar-refractivity contribution in [2.75, 3.05) is 37.7 Å². The van der Waals surface area contributed by atoms with E-state index in [1.54, 1.807) is 4.90 Å². The molecule has 3 heterocycles. The van der Waals surface area contributed by atoms with Gasteiger partial charge in [0.1, 0.15) is 13.2 Å². The normalized spacial score (nSPS) is 24.8. The van der Waals surface area contributed by atoms with Crippen LogP contribution in [0.15, 0.2) is 18.2 Å². The second kappa shape index (κ2) is 8.14.